The summed E-state index contributed by atoms with van der Waals surface area (Å²) in [6.45, 7) is 13.0. The summed E-state index contributed by atoms with van der Waals surface area (Å²) in [5, 5.41) is 9.13. The Kier molecular flexibility index (Phi) is 9.05. The number of aliphatic imine (C=N–C) groups is 1. The van der Waals surface area contributed by atoms with Gasteiger partial charge < -0.3 is 15.4 Å². The molecular formula is C21H37N5OS. The summed E-state index contributed by atoms with van der Waals surface area (Å²) in [5.41, 5.74) is 0. The van der Waals surface area contributed by atoms with Crippen LogP contribution in [-0.2, 0) is 4.74 Å². The fourth-order valence-corrected chi connectivity index (χ4v) is 4.93. The number of guanidine groups is 1. The standard InChI is InChI=1S/C21H37N5OS/c1-3-22-21(23-9-11-25-10-5-4-7-18(25)2)24-17-19(20-8-6-16-28-20)26-12-14-27-15-13-26/h6,8,16,18-19H,3-5,7,9-15,17H2,1-2H3,(H2,22,23,24). The van der Waals surface area contributed by atoms with Crippen LogP contribution < -0.4 is 10.6 Å². The second kappa shape index (κ2) is 11.8. The first-order chi connectivity index (χ1) is 13.8. The predicted molar refractivity (Wildman–Crippen MR) is 118 cm³/mol. The molecule has 2 unspecified atom stereocenters. The van der Waals surface area contributed by atoms with E-state index in [1.165, 1.54) is 30.7 Å². The van der Waals surface area contributed by atoms with Gasteiger partial charge in [0.05, 0.1) is 25.8 Å². The fraction of sp³-hybridized carbons (Fsp3) is 0.762. The third kappa shape index (κ3) is 6.44. The van der Waals surface area contributed by atoms with Crippen LogP contribution in [0.2, 0.25) is 0 Å². The van der Waals surface area contributed by atoms with Crippen molar-refractivity contribution in [2.75, 3.05) is 59.0 Å². The molecule has 7 heteroatoms. The van der Waals surface area contributed by atoms with Gasteiger partial charge in [0.15, 0.2) is 5.96 Å². The van der Waals surface area contributed by atoms with E-state index in [0.717, 1.165) is 58.4 Å². The second-order valence-corrected chi connectivity index (χ2v) is 8.69. The number of likely N-dealkylation sites (tertiary alicyclic amines) is 1. The van der Waals surface area contributed by atoms with E-state index in [-0.39, 0.29) is 0 Å². The average Bonchev–Trinajstić information content (AvgIpc) is 3.25. The molecule has 0 aliphatic carbocycles. The van der Waals surface area contributed by atoms with Gasteiger partial charge in [0.1, 0.15) is 0 Å². The van der Waals surface area contributed by atoms with Crippen LogP contribution in [0, 0.1) is 0 Å². The van der Waals surface area contributed by atoms with Crippen LogP contribution in [0.1, 0.15) is 44.0 Å². The van der Waals surface area contributed by atoms with Gasteiger partial charge in [0.25, 0.3) is 0 Å². The fourth-order valence-electron chi connectivity index (χ4n) is 4.08. The zero-order valence-electron chi connectivity index (χ0n) is 17.5. The number of nitrogens with one attached hydrogen (secondary N) is 2. The zero-order chi connectivity index (χ0) is 19.6. The minimum atomic E-state index is 0.335. The Balaban J connectivity index is 1.56. The highest BCUT2D eigenvalue weighted by Gasteiger charge is 2.23. The van der Waals surface area contributed by atoms with E-state index in [0.29, 0.717) is 12.1 Å². The molecule has 2 aliphatic heterocycles. The van der Waals surface area contributed by atoms with Crippen molar-refractivity contribution in [1.82, 2.24) is 20.4 Å². The molecule has 0 spiro atoms. The SMILES string of the molecule is CCNC(=NCC(c1cccs1)N1CCOCC1)NCCN1CCCCC1C. The van der Waals surface area contributed by atoms with Crippen LogP contribution in [0.5, 0.6) is 0 Å². The number of hydrogen-bond donors (Lipinski definition) is 2. The summed E-state index contributed by atoms with van der Waals surface area (Å²) in [4.78, 5) is 11.5. The van der Waals surface area contributed by atoms with E-state index in [2.05, 4.69) is 51.8 Å². The Morgan fingerprint density at radius 1 is 1.29 bits per heavy atom. The van der Waals surface area contributed by atoms with Crippen molar-refractivity contribution in [3.63, 3.8) is 0 Å². The Bertz CT molecular complexity index is 573. The van der Waals surface area contributed by atoms with Gasteiger partial charge in [0.2, 0.25) is 0 Å². The predicted octanol–water partition coefficient (Wildman–Crippen LogP) is 2.55. The van der Waals surface area contributed by atoms with Crippen molar-refractivity contribution in [2.24, 2.45) is 4.99 Å². The van der Waals surface area contributed by atoms with E-state index in [1.54, 1.807) is 0 Å². The lowest BCUT2D eigenvalue weighted by atomic mass is 10.0. The molecule has 6 nitrogen and oxygen atoms in total. The number of morpholine rings is 1. The van der Waals surface area contributed by atoms with Crippen LogP contribution >= 0.6 is 11.3 Å². The van der Waals surface area contributed by atoms with Crippen molar-refractivity contribution in [3.05, 3.63) is 22.4 Å². The summed E-state index contributed by atoms with van der Waals surface area (Å²) in [5.74, 6) is 0.932. The molecule has 28 heavy (non-hydrogen) atoms. The quantitative estimate of drug-likeness (QED) is 0.512. The number of rotatable bonds is 8. The molecule has 2 fully saturated rings. The van der Waals surface area contributed by atoms with Gasteiger partial charge in [-0.3, -0.25) is 14.8 Å². The average molecular weight is 408 g/mol. The van der Waals surface area contributed by atoms with Crippen LogP contribution in [0.15, 0.2) is 22.5 Å². The number of ether oxygens (including phenoxy) is 1. The van der Waals surface area contributed by atoms with Crippen molar-refractivity contribution >= 4 is 17.3 Å². The topological polar surface area (TPSA) is 52.1 Å². The number of hydrogen-bond acceptors (Lipinski definition) is 5. The number of piperidine rings is 1. The summed E-state index contributed by atoms with van der Waals surface area (Å²) >= 11 is 1.83. The highest BCUT2D eigenvalue weighted by atomic mass is 32.1. The summed E-state index contributed by atoms with van der Waals surface area (Å²) < 4.78 is 5.55. The minimum Gasteiger partial charge on any atom is -0.379 e. The largest absolute Gasteiger partial charge is 0.379 e. The van der Waals surface area contributed by atoms with Gasteiger partial charge >= 0.3 is 0 Å². The van der Waals surface area contributed by atoms with Crippen molar-refractivity contribution in [1.29, 1.82) is 0 Å². The molecule has 3 heterocycles. The molecule has 0 bridgehead atoms. The van der Waals surface area contributed by atoms with Gasteiger partial charge in [-0.05, 0) is 44.7 Å². The zero-order valence-corrected chi connectivity index (χ0v) is 18.3. The lowest BCUT2D eigenvalue weighted by Gasteiger charge is -2.34. The second-order valence-electron chi connectivity index (χ2n) is 7.71. The molecular weight excluding hydrogens is 370 g/mol. The molecule has 2 saturated heterocycles. The van der Waals surface area contributed by atoms with E-state index >= 15 is 0 Å². The first kappa shape index (κ1) is 21.6. The molecule has 2 N–H and O–H groups in total. The van der Waals surface area contributed by atoms with Crippen LogP contribution in [0.3, 0.4) is 0 Å². The maximum absolute atomic E-state index is 5.55. The molecule has 0 amide bonds. The van der Waals surface area contributed by atoms with E-state index < -0.39 is 0 Å². The van der Waals surface area contributed by atoms with Crippen LogP contribution in [-0.4, -0.2) is 80.8 Å². The smallest absolute Gasteiger partial charge is 0.191 e. The van der Waals surface area contributed by atoms with Crippen molar-refractivity contribution in [2.45, 2.75) is 45.2 Å². The highest BCUT2D eigenvalue weighted by Crippen LogP contribution is 2.26. The summed E-state index contributed by atoms with van der Waals surface area (Å²) in [6, 6.07) is 5.42. The normalized spacial score (nSPS) is 23.5. The van der Waals surface area contributed by atoms with Crippen molar-refractivity contribution < 1.29 is 4.74 Å². The number of nitrogens with zero attached hydrogens (tertiary/aromatic N) is 3. The maximum Gasteiger partial charge on any atom is 0.191 e. The monoisotopic (exact) mass is 407 g/mol. The van der Waals surface area contributed by atoms with Crippen molar-refractivity contribution in [3.8, 4) is 0 Å². The van der Waals surface area contributed by atoms with Gasteiger partial charge in [-0.15, -0.1) is 11.3 Å². The highest BCUT2D eigenvalue weighted by molar-refractivity contribution is 7.10. The Hall–Kier alpha value is -1.15. The summed E-state index contributed by atoms with van der Waals surface area (Å²) in [7, 11) is 0. The first-order valence-corrected chi connectivity index (χ1v) is 11.8. The van der Waals surface area contributed by atoms with Crippen LogP contribution in [0.25, 0.3) is 0 Å². The summed E-state index contributed by atoms with van der Waals surface area (Å²) in [6.07, 6.45) is 4.04. The third-order valence-electron chi connectivity index (χ3n) is 5.76. The minimum absolute atomic E-state index is 0.335. The Morgan fingerprint density at radius 3 is 2.86 bits per heavy atom. The molecule has 2 atom stereocenters. The van der Waals surface area contributed by atoms with Crippen LogP contribution in [0.4, 0.5) is 0 Å². The Labute approximate surface area is 174 Å². The van der Waals surface area contributed by atoms with Gasteiger partial charge in [-0.2, -0.15) is 0 Å². The molecule has 0 saturated carbocycles. The van der Waals surface area contributed by atoms with Gasteiger partial charge in [-0.1, -0.05) is 12.5 Å². The maximum atomic E-state index is 5.55. The molecule has 0 radical (unpaired) electrons. The molecule has 3 rings (SSSR count). The molecule has 1 aromatic rings. The Morgan fingerprint density at radius 2 is 2.14 bits per heavy atom. The molecule has 2 aliphatic rings. The van der Waals surface area contributed by atoms with Gasteiger partial charge in [-0.25, -0.2) is 0 Å². The lowest BCUT2D eigenvalue weighted by Crippen LogP contribution is -2.45. The number of thiophene rings is 1. The molecule has 158 valence electrons. The van der Waals surface area contributed by atoms with E-state index in [1.807, 2.05) is 11.3 Å². The molecule has 0 aromatic carbocycles. The lowest BCUT2D eigenvalue weighted by molar-refractivity contribution is 0.0186. The first-order valence-electron chi connectivity index (χ1n) is 10.9. The third-order valence-corrected chi connectivity index (χ3v) is 6.73. The van der Waals surface area contributed by atoms with Gasteiger partial charge in [0, 0.05) is 43.6 Å². The van der Waals surface area contributed by atoms with E-state index in [4.69, 9.17) is 9.73 Å². The van der Waals surface area contributed by atoms with E-state index in [9.17, 15) is 0 Å². The molecule has 1 aromatic heterocycles.